The van der Waals surface area contributed by atoms with Crippen LogP contribution < -0.4 is 0 Å². The normalized spacial score (nSPS) is 15.8. The highest BCUT2D eigenvalue weighted by Gasteiger charge is 2.30. The number of carboxylic acid groups (broad SMARTS) is 1. The first-order valence-corrected chi connectivity index (χ1v) is 6.68. The molecule has 0 radical (unpaired) electrons. The van der Waals surface area contributed by atoms with E-state index < -0.39 is 5.97 Å². The summed E-state index contributed by atoms with van der Waals surface area (Å²) in [6.07, 6.45) is 3.86. The maximum absolute atomic E-state index is 12.3. The molecule has 0 aliphatic heterocycles. The average molecular weight is 269 g/mol. The van der Waals surface area contributed by atoms with Crippen LogP contribution in [0.25, 0.3) is 0 Å². The van der Waals surface area contributed by atoms with Crippen molar-refractivity contribution in [3.63, 3.8) is 0 Å². The maximum atomic E-state index is 12.3. The van der Waals surface area contributed by atoms with Crippen molar-refractivity contribution in [3.05, 3.63) is 10.6 Å². The Morgan fingerprint density at radius 1 is 1.44 bits per heavy atom. The third-order valence-corrected chi connectivity index (χ3v) is 3.99. The highest BCUT2D eigenvalue weighted by atomic mass is 32.1. The van der Waals surface area contributed by atoms with Crippen molar-refractivity contribution in [2.45, 2.75) is 38.6 Å². The van der Waals surface area contributed by atoms with Gasteiger partial charge in [0.2, 0.25) is 0 Å². The highest BCUT2D eigenvalue weighted by Crippen LogP contribution is 2.25. The molecular formula is C11H15N3O3S. The summed E-state index contributed by atoms with van der Waals surface area (Å²) in [5, 5.41) is 12.7. The van der Waals surface area contributed by atoms with E-state index in [0.717, 1.165) is 37.2 Å². The van der Waals surface area contributed by atoms with Crippen LogP contribution in [0.4, 0.5) is 0 Å². The Balaban J connectivity index is 2.20. The quantitative estimate of drug-likeness (QED) is 0.891. The van der Waals surface area contributed by atoms with Crippen LogP contribution in [0.1, 0.15) is 41.0 Å². The molecule has 7 heteroatoms. The number of aliphatic carboxylic acids is 1. The number of carbonyl (C=O) groups is 2. The standard InChI is InChI=1S/C11H15N3O3S/c1-7-10(18-13-12-7)11(17)14(6-9(15)16)8-4-2-3-5-8/h8H,2-6H2,1H3,(H,15,16). The second-order valence-corrected chi connectivity index (χ2v) is 5.21. The SMILES string of the molecule is Cc1nnsc1C(=O)N(CC(=O)O)C1CCCC1. The van der Waals surface area contributed by atoms with Crippen LogP contribution >= 0.6 is 11.5 Å². The summed E-state index contributed by atoms with van der Waals surface area (Å²) in [6, 6.07) is 0.0371. The molecule has 0 aromatic carbocycles. The zero-order valence-electron chi connectivity index (χ0n) is 10.1. The molecule has 1 aliphatic rings. The summed E-state index contributed by atoms with van der Waals surface area (Å²) in [4.78, 5) is 25.1. The van der Waals surface area contributed by atoms with Crippen LogP contribution in [0.3, 0.4) is 0 Å². The van der Waals surface area contributed by atoms with Gasteiger partial charge in [-0.3, -0.25) is 9.59 Å². The smallest absolute Gasteiger partial charge is 0.323 e. The van der Waals surface area contributed by atoms with E-state index in [1.807, 2.05) is 0 Å². The van der Waals surface area contributed by atoms with Gasteiger partial charge >= 0.3 is 5.97 Å². The lowest BCUT2D eigenvalue weighted by atomic mass is 10.2. The topological polar surface area (TPSA) is 83.4 Å². The Kier molecular flexibility index (Phi) is 3.90. The van der Waals surface area contributed by atoms with Gasteiger partial charge in [-0.15, -0.1) is 5.10 Å². The van der Waals surface area contributed by atoms with E-state index in [-0.39, 0.29) is 18.5 Å². The molecule has 0 saturated heterocycles. The van der Waals surface area contributed by atoms with Gasteiger partial charge < -0.3 is 10.0 Å². The molecule has 2 rings (SSSR count). The molecule has 1 aromatic heterocycles. The van der Waals surface area contributed by atoms with Crippen LogP contribution in [0, 0.1) is 6.92 Å². The number of rotatable bonds is 4. The molecule has 0 unspecified atom stereocenters. The third-order valence-electron chi connectivity index (χ3n) is 3.18. The van der Waals surface area contributed by atoms with Gasteiger partial charge in [0, 0.05) is 6.04 Å². The lowest BCUT2D eigenvalue weighted by Crippen LogP contribution is -2.42. The van der Waals surface area contributed by atoms with E-state index in [0.29, 0.717) is 10.6 Å². The number of nitrogens with zero attached hydrogens (tertiary/aromatic N) is 3. The Morgan fingerprint density at radius 3 is 2.61 bits per heavy atom. The van der Waals surface area contributed by atoms with Crippen molar-refractivity contribution >= 4 is 23.4 Å². The van der Waals surface area contributed by atoms with Crippen molar-refractivity contribution in [3.8, 4) is 0 Å². The minimum atomic E-state index is -0.981. The van der Waals surface area contributed by atoms with Crippen molar-refractivity contribution in [2.24, 2.45) is 0 Å². The highest BCUT2D eigenvalue weighted by molar-refractivity contribution is 7.07. The number of aryl methyl sites for hydroxylation is 1. The molecule has 1 aliphatic carbocycles. The Morgan fingerprint density at radius 2 is 2.11 bits per heavy atom. The van der Waals surface area contributed by atoms with Gasteiger partial charge in [0.05, 0.1) is 5.69 Å². The molecule has 0 atom stereocenters. The number of carbonyl (C=O) groups excluding carboxylic acids is 1. The van der Waals surface area contributed by atoms with Gasteiger partial charge in [0.25, 0.3) is 5.91 Å². The number of hydrogen-bond acceptors (Lipinski definition) is 5. The summed E-state index contributed by atoms with van der Waals surface area (Å²) in [5.41, 5.74) is 0.568. The van der Waals surface area contributed by atoms with Gasteiger partial charge in [0.15, 0.2) is 0 Å². The van der Waals surface area contributed by atoms with Crippen LogP contribution in [0.15, 0.2) is 0 Å². The number of carboxylic acids is 1. The van der Waals surface area contributed by atoms with Gasteiger partial charge in [-0.1, -0.05) is 17.3 Å². The summed E-state index contributed by atoms with van der Waals surface area (Å²) < 4.78 is 3.73. The number of hydrogen-bond donors (Lipinski definition) is 1. The van der Waals surface area contributed by atoms with E-state index in [4.69, 9.17) is 5.11 Å². The van der Waals surface area contributed by atoms with Crippen molar-refractivity contribution in [2.75, 3.05) is 6.54 Å². The minimum absolute atomic E-state index is 0.0371. The van der Waals surface area contributed by atoms with Crippen molar-refractivity contribution < 1.29 is 14.7 Å². The van der Waals surface area contributed by atoms with E-state index in [2.05, 4.69) is 9.59 Å². The molecule has 1 heterocycles. The fourth-order valence-electron chi connectivity index (χ4n) is 2.29. The Bertz CT molecular complexity index is 454. The molecule has 1 amide bonds. The molecule has 18 heavy (non-hydrogen) atoms. The monoisotopic (exact) mass is 269 g/mol. The first-order valence-electron chi connectivity index (χ1n) is 5.91. The molecule has 1 fully saturated rings. The third kappa shape index (κ3) is 2.66. The van der Waals surface area contributed by atoms with E-state index in [1.54, 1.807) is 6.92 Å². The second kappa shape index (κ2) is 5.43. The van der Waals surface area contributed by atoms with Crippen molar-refractivity contribution in [1.82, 2.24) is 14.5 Å². The van der Waals surface area contributed by atoms with E-state index >= 15 is 0 Å². The second-order valence-electron chi connectivity index (χ2n) is 4.45. The number of amides is 1. The van der Waals surface area contributed by atoms with Crippen LogP contribution in [0.5, 0.6) is 0 Å². The molecule has 0 spiro atoms. The molecule has 0 bridgehead atoms. The molecule has 98 valence electrons. The van der Waals surface area contributed by atoms with Crippen LogP contribution in [-0.4, -0.2) is 44.1 Å². The fourth-order valence-corrected chi connectivity index (χ4v) is 2.90. The van der Waals surface area contributed by atoms with Gasteiger partial charge in [-0.25, -0.2) is 0 Å². The lowest BCUT2D eigenvalue weighted by Gasteiger charge is -2.26. The molecule has 1 aromatic rings. The fraction of sp³-hybridized carbons (Fsp3) is 0.636. The van der Waals surface area contributed by atoms with E-state index in [1.165, 1.54) is 4.90 Å². The van der Waals surface area contributed by atoms with Gasteiger partial charge in [0.1, 0.15) is 11.4 Å². The zero-order chi connectivity index (χ0) is 13.1. The van der Waals surface area contributed by atoms with Crippen LogP contribution in [-0.2, 0) is 4.79 Å². The summed E-state index contributed by atoms with van der Waals surface area (Å²) >= 11 is 1.03. The largest absolute Gasteiger partial charge is 0.480 e. The predicted octanol–water partition coefficient (Wildman–Crippen LogP) is 1.32. The summed E-state index contributed by atoms with van der Waals surface area (Å²) in [7, 11) is 0. The minimum Gasteiger partial charge on any atom is -0.480 e. The first-order chi connectivity index (χ1) is 8.59. The lowest BCUT2D eigenvalue weighted by molar-refractivity contribution is -0.138. The Labute approximate surface area is 109 Å². The van der Waals surface area contributed by atoms with Crippen molar-refractivity contribution in [1.29, 1.82) is 0 Å². The summed E-state index contributed by atoms with van der Waals surface area (Å²) in [5.74, 6) is -1.23. The van der Waals surface area contributed by atoms with E-state index in [9.17, 15) is 9.59 Å². The Hall–Kier alpha value is -1.50. The molecule has 1 saturated carbocycles. The zero-order valence-corrected chi connectivity index (χ0v) is 10.9. The molecular weight excluding hydrogens is 254 g/mol. The molecule has 6 nitrogen and oxygen atoms in total. The van der Waals surface area contributed by atoms with Gasteiger partial charge in [-0.2, -0.15) is 0 Å². The van der Waals surface area contributed by atoms with Crippen LogP contribution in [0.2, 0.25) is 0 Å². The number of aromatic nitrogens is 2. The van der Waals surface area contributed by atoms with Gasteiger partial charge in [-0.05, 0) is 31.3 Å². The first kappa shape index (κ1) is 12.9. The average Bonchev–Trinajstić information content (AvgIpc) is 2.95. The molecule has 1 N–H and O–H groups in total. The maximum Gasteiger partial charge on any atom is 0.323 e. The predicted molar refractivity (Wildman–Crippen MR) is 65.6 cm³/mol. The summed E-state index contributed by atoms with van der Waals surface area (Å²) in [6.45, 7) is 1.46.